The number of likely N-dealkylation sites (N-methyl/N-ethyl adjacent to an activating group) is 1. The molecule has 13 nitrogen and oxygen atoms in total. The molecule has 0 radical (unpaired) electrons. The lowest BCUT2D eigenvalue weighted by Gasteiger charge is -2.36. The van der Waals surface area contributed by atoms with E-state index in [-0.39, 0.29) is 65.2 Å². The number of nitrogens with zero attached hydrogens (tertiary/aromatic N) is 4. The molecule has 1 aromatic carbocycles. The SMILES string of the molecule is Cc1noc(C)c1S(=O)(=O)Nc1ccc2c(c1)C(=O)N([C@H](C)CO)C[C@@H](C)[C@@H](CN(C)C(=O)c1ccncc1)OCCCC[C@@H](C)O2. The van der Waals surface area contributed by atoms with Crippen molar-refractivity contribution in [3.8, 4) is 5.75 Å². The Morgan fingerprint density at radius 1 is 1.17 bits per heavy atom. The number of nitrogens with one attached hydrogen (secondary N) is 1. The van der Waals surface area contributed by atoms with Gasteiger partial charge in [-0.3, -0.25) is 19.3 Å². The van der Waals surface area contributed by atoms with E-state index in [0.29, 0.717) is 24.3 Å². The van der Waals surface area contributed by atoms with Gasteiger partial charge in [0.1, 0.15) is 11.4 Å². The Hall–Kier alpha value is -4.01. The zero-order valence-electron chi connectivity index (χ0n) is 27.8. The van der Waals surface area contributed by atoms with Gasteiger partial charge >= 0.3 is 0 Å². The Morgan fingerprint density at radius 3 is 2.55 bits per heavy atom. The van der Waals surface area contributed by atoms with Gasteiger partial charge in [-0.15, -0.1) is 0 Å². The molecule has 256 valence electrons. The van der Waals surface area contributed by atoms with Gasteiger partial charge in [-0.2, -0.15) is 0 Å². The maximum atomic E-state index is 14.4. The molecule has 1 aliphatic rings. The molecular formula is C33H45N5O8S. The van der Waals surface area contributed by atoms with Crippen molar-refractivity contribution in [3.05, 3.63) is 65.3 Å². The van der Waals surface area contributed by atoms with Crippen molar-refractivity contribution in [2.75, 3.05) is 38.1 Å². The summed E-state index contributed by atoms with van der Waals surface area (Å²) in [5.74, 6) is -0.434. The zero-order valence-corrected chi connectivity index (χ0v) is 28.6. The lowest BCUT2D eigenvalue weighted by molar-refractivity contribution is -0.0149. The second-order valence-electron chi connectivity index (χ2n) is 12.2. The molecule has 0 saturated carbocycles. The molecule has 2 aromatic heterocycles. The summed E-state index contributed by atoms with van der Waals surface area (Å²) >= 11 is 0. The van der Waals surface area contributed by atoms with Crippen molar-refractivity contribution < 1.29 is 37.1 Å². The van der Waals surface area contributed by atoms with Crippen LogP contribution < -0.4 is 9.46 Å². The van der Waals surface area contributed by atoms with Crippen LogP contribution in [0, 0.1) is 19.8 Å². The minimum Gasteiger partial charge on any atom is -0.490 e. The molecule has 4 atom stereocenters. The Morgan fingerprint density at radius 2 is 1.89 bits per heavy atom. The predicted molar refractivity (Wildman–Crippen MR) is 175 cm³/mol. The van der Waals surface area contributed by atoms with Crippen LogP contribution in [0.25, 0.3) is 0 Å². The van der Waals surface area contributed by atoms with Gasteiger partial charge in [0.2, 0.25) is 0 Å². The highest BCUT2D eigenvalue weighted by Crippen LogP contribution is 2.30. The third-order valence-electron chi connectivity index (χ3n) is 8.27. The maximum Gasteiger partial charge on any atom is 0.267 e. The molecule has 2 N–H and O–H groups in total. The normalized spacial score (nSPS) is 20.4. The van der Waals surface area contributed by atoms with Crippen LogP contribution in [0.1, 0.15) is 72.2 Å². The van der Waals surface area contributed by atoms with Crippen LogP contribution in [-0.4, -0.2) is 96.9 Å². The molecule has 47 heavy (non-hydrogen) atoms. The summed E-state index contributed by atoms with van der Waals surface area (Å²) in [6.45, 7) is 9.25. The lowest BCUT2D eigenvalue weighted by atomic mass is 10.0. The number of hydrogen-bond donors (Lipinski definition) is 2. The number of aliphatic hydroxyl groups excluding tert-OH is 1. The summed E-state index contributed by atoms with van der Waals surface area (Å²) in [7, 11) is -2.38. The number of rotatable bonds is 8. The van der Waals surface area contributed by atoms with Gasteiger partial charge in [0.05, 0.1) is 30.4 Å². The van der Waals surface area contributed by atoms with Crippen molar-refractivity contribution in [1.29, 1.82) is 0 Å². The molecule has 0 fully saturated rings. The number of carbonyl (C=O) groups is 2. The van der Waals surface area contributed by atoms with Gasteiger partial charge < -0.3 is 28.9 Å². The van der Waals surface area contributed by atoms with E-state index < -0.39 is 28.1 Å². The first-order chi connectivity index (χ1) is 22.3. The minimum absolute atomic E-state index is 0.0726. The Kier molecular flexibility index (Phi) is 12.0. The Balaban J connectivity index is 1.67. The number of aliphatic hydroxyl groups is 1. The summed E-state index contributed by atoms with van der Waals surface area (Å²) in [5, 5.41) is 14.0. The third kappa shape index (κ3) is 8.87. The molecule has 4 rings (SSSR count). The lowest BCUT2D eigenvalue weighted by Crippen LogP contribution is -2.48. The number of carbonyl (C=O) groups excluding carboxylic acids is 2. The number of aromatic nitrogens is 2. The second-order valence-corrected chi connectivity index (χ2v) is 13.8. The van der Waals surface area contributed by atoms with Gasteiger partial charge in [0, 0.05) is 56.3 Å². The van der Waals surface area contributed by atoms with E-state index in [1.165, 1.54) is 24.8 Å². The van der Waals surface area contributed by atoms with Crippen molar-refractivity contribution in [2.24, 2.45) is 5.92 Å². The summed E-state index contributed by atoms with van der Waals surface area (Å²) < 4.78 is 46.8. The fraction of sp³-hybridized carbons (Fsp3) is 0.515. The largest absolute Gasteiger partial charge is 0.490 e. The molecule has 0 unspecified atom stereocenters. The van der Waals surface area contributed by atoms with Crippen molar-refractivity contribution in [2.45, 2.75) is 77.0 Å². The average molecular weight is 672 g/mol. The molecule has 0 saturated heterocycles. The molecule has 0 bridgehead atoms. The fourth-order valence-corrected chi connectivity index (χ4v) is 6.96. The number of hydrogen-bond acceptors (Lipinski definition) is 10. The number of aryl methyl sites for hydroxylation is 2. The standard InChI is InChI=1S/C33H45N5O8S/c1-21-18-38(22(2)20-39)33(41)28-17-27(36-47(42,43)31-24(4)35-46-25(31)5)10-11-29(28)45-23(3)9-7-8-16-44-30(21)19-37(6)32(40)26-12-14-34-15-13-26/h10-15,17,21-23,30,36,39H,7-9,16,18-20H2,1-6H3/t21-,22-,23-,30-/m1/s1. The zero-order chi connectivity index (χ0) is 34.3. The van der Waals surface area contributed by atoms with Crippen LogP contribution in [-0.2, 0) is 14.8 Å². The molecule has 0 aliphatic carbocycles. The van der Waals surface area contributed by atoms with E-state index in [1.807, 2.05) is 13.8 Å². The van der Waals surface area contributed by atoms with Crippen LogP contribution in [0.3, 0.4) is 0 Å². The van der Waals surface area contributed by atoms with E-state index in [1.54, 1.807) is 55.5 Å². The fourth-order valence-electron chi connectivity index (χ4n) is 5.58. The van der Waals surface area contributed by atoms with Gasteiger partial charge in [-0.25, -0.2) is 8.42 Å². The minimum atomic E-state index is -4.09. The molecule has 14 heteroatoms. The molecular weight excluding hydrogens is 626 g/mol. The van der Waals surface area contributed by atoms with Crippen LogP contribution >= 0.6 is 0 Å². The Labute approximate surface area is 276 Å². The number of ether oxygens (including phenoxy) is 2. The van der Waals surface area contributed by atoms with Crippen LogP contribution in [0.15, 0.2) is 52.1 Å². The average Bonchev–Trinajstić information content (AvgIpc) is 3.40. The number of sulfonamides is 1. The molecule has 0 spiro atoms. The van der Waals surface area contributed by atoms with Crippen LogP contribution in [0.2, 0.25) is 0 Å². The molecule has 3 aromatic rings. The summed E-state index contributed by atoms with van der Waals surface area (Å²) in [5.41, 5.74) is 1.01. The van der Waals surface area contributed by atoms with Crippen molar-refractivity contribution in [3.63, 3.8) is 0 Å². The highest BCUT2D eigenvalue weighted by molar-refractivity contribution is 7.92. The number of fused-ring (bicyclic) bond motifs is 1. The van der Waals surface area contributed by atoms with Crippen molar-refractivity contribution >= 4 is 27.5 Å². The van der Waals surface area contributed by atoms with Gasteiger partial charge in [-0.05, 0) is 77.3 Å². The third-order valence-corrected chi connectivity index (χ3v) is 9.89. The number of anilines is 1. The van der Waals surface area contributed by atoms with E-state index in [0.717, 1.165) is 12.8 Å². The topological polar surface area (TPSA) is 164 Å². The first-order valence-corrected chi connectivity index (χ1v) is 17.3. The summed E-state index contributed by atoms with van der Waals surface area (Å²) in [6, 6.07) is 7.29. The number of pyridine rings is 1. The van der Waals surface area contributed by atoms with Gasteiger partial charge in [0.25, 0.3) is 21.8 Å². The monoisotopic (exact) mass is 671 g/mol. The first kappa shape index (κ1) is 35.8. The van der Waals surface area contributed by atoms with E-state index in [9.17, 15) is 23.1 Å². The molecule has 3 heterocycles. The van der Waals surface area contributed by atoms with Crippen LogP contribution in [0.5, 0.6) is 5.75 Å². The van der Waals surface area contributed by atoms with Gasteiger partial charge in [-0.1, -0.05) is 12.1 Å². The quantitative estimate of drug-likeness (QED) is 0.357. The number of benzene rings is 1. The second kappa shape index (κ2) is 15.7. The first-order valence-electron chi connectivity index (χ1n) is 15.8. The number of amides is 2. The van der Waals surface area contributed by atoms with E-state index >= 15 is 0 Å². The predicted octanol–water partition coefficient (Wildman–Crippen LogP) is 4.05. The smallest absolute Gasteiger partial charge is 0.267 e. The Bertz CT molecular complexity index is 1610. The van der Waals surface area contributed by atoms with E-state index in [4.69, 9.17) is 14.0 Å². The highest BCUT2D eigenvalue weighted by Gasteiger charge is 2.32. The van der Waals surface area contributed by atoms with E-state index in [2.05, 4.69) is 14.9 Å². The summed E-state index contributed by atoms with van der Waals surface area (Å²) in [6.07, 6.45) is 4.72. The molecule has 2 amide bonds. The maximum absolute atomic E-state index is 14.4. The van der Waals surface area contributed by atoms with Gasteiger partial charge in [0.15, 0.2) is 10.7 Å². The molecule has 1 aliphatic heterocycles. The van der Waals surface area contributed by atoms with Crippen molar-refractivity contribution in [1.82, 2.24) is 19.9 Å². The van der Waals surface area contributed by atoms with Crippen LogP contribution in [0.4, 0.5) is 5.69 Å². The highest BCUT2D eigenvalue weighted by atomic mass is 32.2. The summed E-state index contributed by atoms with van der Waals surface area (Å²) in [4.78, 5) is 34.6.